The maximum Gasteiger partial charge on any atom is 0.346 e. The molecule has 0 bridgehead atoms. The first-order valence-corrected chi connectivity index (χ1v) is 9.33. The molecule has 2 aromatic heterocycles. The van der Waals surface area contributed by atoms with Gasteiger partial charge < -0.3 is 4.90 Å². The van der Waals surface area contributed by atoms with Crippen molar-refractivity contribution in [3.8, 4) is 0 Å². The Morgan fingerprint density at radius 1 is 1.21 bits per heavy atom. The van der Waals surface area contributed by atoms with Crippen LogP contribution in [-0.2, 0) is 17.8 Å². The summed E-state index contributed by atoms with van der Waals surface area (Å²) in [4.78, 5) is 30.4. The Hall–Kier alpha value is -2.72. The van der Waals surface area contributed by atoms with E-state index in [-0.39, 0.29) is 25.3 Å². The van der Waals surface area contributed by atoms with Gasteiger partial charge in [0.25, 0.3) is 6.43 Å². The number of fused-ring (bicyclic) bond motifs is 1. The van der Waals surface area contributed by atoms with E-state index in [9.17, 15) is 27.2 Å². The molecule has 0 N–H and O–H groups in total. The first-order chi connectivity index (χ1) is 13.8. The van der Waals surface area contributed by atoms with Gasteiger partial charge in [0.05, 0.1) is 19.6 Å². The van der Waals surface area contributed by atoms with Crippen LogP contribution in [0.1, 0.15) is 42.4 Å². The van der Waals surface area contributed by atoms with E-state index in [1.165, 1.54) is 22.9 Å². The number of halogens is 4. The van der Waals surface area contributed by atoms with Crippen LogP contribution in [0, 0.1) is 0 Å². The molecule has 0 aromatic carbocycles. The fourth-order valence-corrected chi connectivity index (χ4v) is 3.81. The number of likely N-dealkylation sites (tertiary alicyclic amines) is 1. The SMILES string of the molecule is O=C(C1CCCc2nn(Cc3ccc(C(F)F)nc3)c(=O)n21)N1CC(F)C(F)C1. The van der Waals surface area contributed by atoms with Gasteiger partial charge in [-0.3, -0.25) is 14.3 Å². The minimum absolute atomic E-state index is 0.0130. The van der Waals surface area contributed by atoms with Crippen molar-refractivity contribution < 1.29 is 22.4 Å². The summed E-state index contributed by atoms with van der Waals surface area (Å²) in [6.45, 7) is -0.632. The minimum atomic E-state index is -2.68. The third kappa shape index (κ3) is 3.65. The number of pyridine rings is 1. The number of rotatable bonds is 4. The van der Waals surface area contributed by atoms with Crippen LogP contribution in [0.5, 0.6) is 0 Å². The quantitative estimate of drug-likeness (QED) is 0.717. The third-order valence-electron chi connectivity index (χ3n) is 5.31. The van der Waals surface area contributed by atoms with Crippen molar-refractivity contribution >= 4 is 5.91 Å². The first kappa shape index (κ1) is 19.6. The van der Waals surface area contributed by atoms with Gasteiger partial charge in [-0.15, -0.1) is 0 Å². The van der Waals surface area contributed by atoms with Gasteiger partial charge in [-0.05, 0) is 24.5 Å². The zero-order valence-electron chi connectivity index (χ0n) is 15.3. The van der Waals surface area contributed by atoms with Crippen molar-refractivity contribution in [1.82, 2.24) is 24.2 Å². The zero-order valence-corrected chi connectivity index (χ0v) is 15.3. The lowest BCUT2D eigenvalue weighted by Crippen LogP contribution is -2.42. The Morgan fingerprint density at radius 3 is 2.55 bits per heavy atom. The highest BCUT2D eigenvalue weighted by atomic mass is 19.3. The maximum atomic E-state index is 13.5. The lowest BCUT2D eigenvalue weighted by Gasteiger charge is -2.26. The second-order valence-electron chi connectivity index (χ2n) is 7.30. The van der Waals surface area contributed by atoms with Crippen LogP contribution in [-0.4, -0.2) is 55.6 Å². The Bertz CT molecular complexity index is 948. The van der Waals surface area contributed by atoms with E-state index in [0.717, 1.165) is 9.58 Å². The number of alkyl halides is 4. The molecular formula is C18H19F4N5O2. The van der Waals surface area contributed by atoms with Crippen LogP contribution >= 0.6 is 0 Å². The molecule has 1 saturated heterocycles. The lowest BCUT2D eigenvalue weighted by atomic mass is 10.0. The molecule has 1 amide bonds. The number of aromatic nitrogens is 4. The summed E-state index contributed by atoms with van der Waals surface area (Å²) in [5.41, 5.74) is -0.377. The topological polar surface area (TPSA) is 73.0 Å². The van der Waals surface area contributed by atoms with Crippen molar-refractivity contribution in [3.05, 3.63) is 45.9 Å². The molecular weight excluding hydrogens is 394 g/mol. The normalized spacial score (nSPS) is 24.2. The second-order valence-corrected chi connectivity index (χ2v) is 7.30. The molecule has 0 spiro atoms. The summed E-state index contributed by atoms with van der Waals surface area (Å²) in [5, 5.41) is 4.26. The van der Waals surface area contributed by atoms with Gasteiger partial charge in [-0.1, -0.05) is 6.07 Å². The molecule has 0 aliphatic carbocycles. The van der Waals surface area contributed by atoms with Crippen LogP contribution in [0.25, 0.3) is 0 Å². The van der Waals surface area contributed by atoms with Crippen molar-refractivity contribution in [2.24, 2.45) is 0 Å². The molecule has 3 atom stereocenters. The monoisotopic (exact) mass is 413 g/mol. The van der Waals surface area contributed by atoms with Gasteiger partial charge in [-0.2, -0.15) is 5.10 Å². The summed E-state index contributed by atoms with van der Waals surface area (Å²) in [6.07, 6.45) is -3.38. The number of amides is 1. The van der Waals surface area contributed by atoms with Crippen molar-refractivity contribution in [2.45, 2.75) is 50.6 Å². The highest BCUT2D eigenvalue weighted by molar-refractivity contribution is 5.81. The van der Waals surface area contributed by atoms with Gasteiger partial charge in [0.1, 0.15) is 17.6 Å². The summed E-state index contributed by atoms with van der Waals surface area (Å²) >= 11 is 0. The van der Waals surface area contributed by atoms with Crippen LogP contribution in [0.2, 0.25) is 0 Å². The summed E-state index contributed by atoms with van der Waals surface area (Å²) in [5.74, 6) is -0.0668. The minimum Gasteiger partial charge on any atom is -0.335 e. The molecule has 156 valence electrons. The van der Waals surface area contributed by atoms with E-state index >= 15 is 0 Å². The number of carbonyl (C=O) groups is 1. The molecule has 29 heavy (non-hydrogen) atoms. The van der Waals surface area contributed by atoms with E-state index in [1.807, 2.05) is 0 Å². The second kappa shape index (κ2) is 7.60. The fourth-order valence-electron chi connectivity index (χ4n) is 3.81. The molecule has 0 saturated carbocycles. The molecule has 11 heteroatoms. The molecule has 7 nitrogen and oxygen atoms in total. The maximum absolute atomic E-state index is 13.5. The van der Waals surface area contributed by atoms with Gasteiger partial charge in [0, 0.05) is 12.6 Å². The summed E-state index contributed by atoms with van der Waals surface area (Å²) < 4.78 is 54.7. The average Bonchev–Trinajstić information content (AvgIpc) is 3.21. The number of aryl methyl sites for hydroxylation is 1. The number of hydrogen-bond acceptors (Lipinski definition) is 4. The summed E-state index contributed by atoms with van der Waals surface area (Å²) in [7, 11) is 0. The standard InChI is InChI=1S/C18H19F4N5O2/c19-11-8-25(9-12(11)20)17(28)14-2-1-3-15-24-26(18(29)27(14)15)7-10-4-5-13(16(21)22)23-6-10/h4-6,11-12,14,16H,1-3,7-9H2. The molecule has 4 heterocycles. The Kier molecular flexibility index (Phi) is 5.13. The fraction of sp³-hybridized carbons (Fsp3) is 0.556. The Labute approximate surface area is 162 Å². The molecule has 2 aliphatic heterocycles. The van der Waals surface area contributed by atoms with Crippen molar-refractivity contribution in [2.75, 3.05) is 13.1 Å². The van der Waals surface area contributed by atoms with Crippen LogP contribution in [0.15, 0.2) is 23.1 Å². The number of hydrogen-bond donors (Lipinski definition) is 0. The molecule has 4 rings (SSSR count). The van der Waals surface area contributed by atoms with Crippen molar-refractivity contribution in [1.29, 1.82) is 0 Å². The summed E-state index contributed by atoms with van der Waals surface area (Å²) in [6, 6.07) is 1.77. The van der Waals surface area contributed by atoms with Crippen LogP contribution in [0.4, 0.5) is 17.6 Å². The predicted molar refractivity (Wildman–Crippen MR) is 93.1 cm³/mol. The van der Waals surface area contributed by atoms with Gasteiger partial charge in [0.15, 0.2) is 12.3 Å². The van der Waals surface area contributed by atoms with E-state index in [1.54, 1.807) is 0 Å². The number of carbonyl (C=O) groups excluding carboxylic acids is 1. The molecule has 1 fully saturated rings. The molecule has 2 aliphatic rings. The molecule has 0 radical (unpaired) electrons. The highest BCUT2D eigenvalue weighted by Gasteiger charge is 2.40. The van der Waals surface area contributed by atoms with Crippen LogP contribution in [0.3, 0.4) is 0 Å². The van der Waals surface area contributed by atoms with E-state index in [4.69, 9.17) is 0 Å². The Morgan fingerprint density at radius 2 is 1.93 bits per heavy atom. The van der Waals surface area contributed by atoms with Crippen LogP contribution < -0.4 is 5.69 Å². The molecule has 3 unspecified atom stereocenters. The van der Waals surface area contributed by atoms with E-state index < -0.39 is 36.4 Å². The predicted octanol–water partition coefficient (Wildman–Crippen LogP) is 1.82. The third-order valence-corrected chi connectivity index (χ3v) is 5.31. The highest BCUT2D eigenvalue weighted by Crippen LogP contribution is 2.27. The lowest BCUT2D eigenvalue weighted by molar-refractivity contribution is -0.134. The smallest absolute Gasteiger partial charge is 0.335 e. The largest absolute Gasteiger partial charge is 0.346 e. The van der Waals surface area contributed by atoms with E-state index in [0.29, 0.717) is 30.7 Å². The van der Waals surface area contributed by atoms with Gasteiger partial charge in [-0.25, -0.2) is 27.0 Å². The zero-order chi connectivity index (χ0) is 20.7. The number of nitrogens with zero attached hydrogens (tertiary/aromatic N) is 5. The van der Waals surface area contributed by atoms with E-state index in [2.05, 4.69) is 10.1 Å². The van der Waals surface area contributed by atoms with Crippen molar-refractivity contribution in [3.63, 3.8) is 0 Å². The van der Waals surface area contributed by atoms with Gasteiger partial charge >= 0.3 is 5.69 Å². The Balaban J connectivity index is 1.58. The van der Waals surface area contributed by atoms with Gasteiger partial charge in [0.2, 0.25) is 5.91 Å². The molecule has 2 aromatic rings. The average molecular weight is 413 g/mol. The first-order valence-electron chi connectivity index (χ1n) is 9.33.